The van der Waals surface area contributed by atoms with Crippen LogP contribution >= 0.6 is 22.6 Å². The molecule has 0 amide bonds. The van der Waals surface area contributed by atoms with Crippen molar-refractivity contribution in [2.24, 2.45) is 0 Å². The minimum absolute atomic E-state index is 0.0954. The first-order chi connectivity index (χ1) is 9.54. The number of nitro benzene ring substituents is 1. The maximum atomic E-state index is 10.9. The van der Waals surface area contributed by atoms with Crippen LogP contribution in [0.25, 0.3) is 0 Å². The fourth-order valence-corrected chi connectivity index (χ4v) is 2.35. The highest BCUT2D eigenvalue weighted by Crippen LogP contribution is 2.23. The van der Waals surface area contributed by atoms with Crippen LogP contribution in [0.1, 0.15) is 25.7 Å². The van der Waals surface area contributed by atoms with Crippen LogP contribution in [0.2, 0.25) is 0 Å². The van der Waals surface area contributed by atoms with Crippen LogP contribution in [-0.4, -0.2) is 24.5 Å². The van der Waals surface area contributed by atoms with Gasteiger partial charge in [0.1, 0.15) is 0 Å². The van der Waals surface area contributed by atoms with Gasteiger partial charge in [-0.05, 0) is 41.5 Å². The molecule has 0 aliphatic heterocycles. The summed E-state index contributed by atoms with van der Waals surface area (Å²) < 4.78 is 5.39. The number of anilines is 1. The normalized spacial score (nSPS) is 10.1. The van der Waals surface area contributed by atoms with Crippen molar-refractivity contribution in [3.63, 3.8) is 0 Å². The second kappa shape index (κ2) is 8.72. The standard InChI is InChI=1S/C13H17IN2O4/c1-20-13(17)5-3-2-4-8-15-12-7-6-10(16(18)19)9-11(12)14/h6-7,9,15H,2-5,8H2,1H3. The lowest BCUT2D eigenvalue weighted by Crippen LogP contribution is -2.04. The van der Waals surface area contributed by atoms with E-state index in [1.54, 1.807) is 12.1 Å². The van der Waals surface area contributed by atoms with Gasteiger partial charge < -0.3 is 10.1 Å². The third-order valence-electron chi connectivity index (χ3n) is 2.76. The Labute approximate surface area is 131 Å². The molecule has 1 aromatic rings. The number of carbonyl (C=O) groups excluding carboxylic acids is 1. The zero-order chi connectivity index (χ0) is 15.0. The topological polar surface area (TPSA) is 81.5 Å². The molecule has 0 bridgehead atoms. The molecule has 0 saturated carbocycles. The first-order valence-electron chi connectivity index (χ1n) is 6.29. The Morgan fingerprint density at radius 2 is 2.15 bits per heavy atom. The number of esters is 1. The van der Waals surface area contributed by atoms with Gasteiger partial charge in [-0.3, -0.25) is 14.9 Å². The molecule has 7 heteroatoms. The lowest BCUT2D eigenvalue weighted by Gasteiger charge is -2.08. The second-order valence-corrected chi connectivity index (χ2v) is 5.40. The predicted molar refractivity (Wildman–Crippen MR) is 84.8 cm³/mol. The molecular formula is C13H17IN2O4. The third-order valence-corrected chi connectivity index (χ3v) is 3.66. The monoisotopic (exact) mass is 392 g/mol. The van der Waals surface area contributed by atoms with Crippen molar-refractivity contribution in [1.82, 2.24) is 0 Å². The quantitative estimate of drug-likeness (QED) is 0.241. The van der Waals surface area contributed by atoms with Gasteiger partial charge in [0.25, 0.3) is 5.69 Å². The molecule has 0 radical (unpaired) electrons. The van der Waals surface area contributed by atoms with E-state index in [4.69, 9.17) is 0 Å². The molecule has 0 unspecified atom stereocenters. The van der Waals surface area contributed by atoms with Crippen molar-refractivity contribution in [1.29, 1.82) is 0 Å². The molecule has 6 nitrogen and oxygen atoms in total. The van der Waals surface area contributed by atoms with Crippen LogP contribution < -0.4 is 5.32 Å². The maximum absolute atomic E-state index is 10.9. The van der Waals surface area contributed by atoms with E-state index >= 15 is 0 Å². The summed E-state index contributed by atoms with van der Waals surface area (Å²) in [7, 11) is 1.39. The summed E-state index contributed by atoms with van der Waals surface area (Å²) in [5, 5.41) is 13.9. The lowest BCUT2D eigenvalue weighted by molar-refractivity contribution is -0.384. The Kier molecular flexibility index (Phi) is 7.27. The Hall–Kier alpha value is -1.38. The summed E-state index contributed by atoms with van der Waals surface area (Å²) in [4.78, 5) is 21.1. The number of hydrogen-bond donors (Lipinski definition) is 1. The molecule has 0 spiro atoms. The smallest absolute Gasteiger partial charge is 0.305 e. The van der Waals surface area contributed by atoms with E-state index in [1.807, 2.05) is 0 Å². The van der Waals surface area contributed by atoms with E-state index in [9.17, 15) is 14.9 Å². The molecule has 0 aromatic heterocycles. The van der Waals surface area contributed by atoms with Crippen molar-refractivity contribution < 1.29 is 14.5 Å². The van der Waals surface area contributed by atoms with Crippen molar-refractivity contribution in [2.45, 2.75) is 25.7 Å². The fraction of sp³-hybridized carbons (Fsp3) is 0.462. The minimum atomic E-state index is -0.404. The molecule has 0 saturated heterocycles. The Morgan fingerprint density at radius 3 is 2.75 bits per heavy atom. The largest absolute Gasteiger partial charge is 0.469 e. The van der Waals surface area contributed by atoms with E-state index in [2.05, 4.69) is 32.6 Å². The number of ether oxygens (including phenoxy) is 1. The summed E-state index contributed by atoms with van der Waals surface area (Å²) in [5.41, 5.74) is 0.988. The molecule has 20 heavy (non-hydrogen) atoms. The Morgan fingerprint density at radius 1 is 1.40 bits per heavy atom. The molecule has 1 aromatic carbocycles. The maximum Gasteiger partial charge on any atom is 0.305 e. The van der Waals surface area contributed by atoms with Crippen molar-refractivity contribution in [3.8, 4) is 0 Å². The molecule has 0 aliphatic rings. The van der Waals surface area contributed by atoms with Gasteiger partial charge in [-0.2, -0.15) is 0 Å². The number of nitrogens with zero attached hydrogens (tertiary/aromatic N) is 1. The highest BCUT2D eigenvalue weighted by Gasteiger charge is 2.08. The second-order valence-electron chi connectivity index (χ2n) is 4.23. The highest BCUT2D eigenvalue weighted by atomic mass is 127. The SMILES string of the molecule is COC(=O)CCCCCNc1ccc([N+](=O)[O-])cc1I. The van der Waals surface area contributed by atoms with Crippen molar-refractivity contribution in [3.05, 3.63) is 31.9 Å². The molecule has 0 atom stereocenters. The molecule has 0 heterocycles. The first kappa shape index (κ1) is 16.7. The average molecular weight is 392 g/mol. The van der Waals surface area contributed by atoms with Gasteiger partial charge in [-0.1, -0.05) is 6.42 Å². The van der Waals surface area contributed by atoms with Crippen molar-refractivity contribution >= 4 is 39.9 Å². The van der Waals surface area contributed by atoms with E-state index in [1.165, 1.54) is 13.2 Å². The van der Waals surface area contributed by atoms with Gasteiger partial charge in [0.05, 0.1) is 12.0 Å². The number of halogens is 1. The van der Waals surface area contributed by atoms with Crippen molar-refractivity contribution in [2.75, 3.05) is 19.0 Å². The molecule has 1 N–H and O–H groups in total. The molecule has 110 valence electrons. The van der Waals surface area contributed by atoms with Gasteiger partial charge in [-0.25, -0.2) is 0 Å². The summed E-state index contributed by atoms with van der Waals surface area (Å²) in [5.74, 6) is -0.178. The minimum Gasteiger partial charge on any atom is -0.469 e. The third kappa shape index (κ3) is 5.72. The number of rotatable bonds is 8. The van der Waals surface area contributed by atoms with Gasteiger partial charge in [0, 0.05) is 34.4 Å². The summed E-state index contributed by atoms with van der Waals surface area (Å²) in [6, 6.07) is 4.75. The average Bonchev–Trinajstić information content (AvgIpc) is 2.43. The predicted octanol–water partition coefficient (Wildman–Crippen LogP) is 3.34. The summed E-state index contributed by atoms with van der Waals surface area (Å²) >= 11 is 2.07. The van der Waals surface area contributed by atoms with Crippen LogP contribution in [-0.2, 0) is 9.53 Å². The van der Waals surface area contributed by atoms with E-state index in [0.29, 0.717) is 6.42 Å². The van der Waals surface area contributed by atoms with Crippen LogP contribution in [0, 0.1) is 13.7 Å². The van der Waals surface area contributed by atoms with E-state index < -0.39 is 4.92 Å². The number of nitrogens with one attached hydrogen (secondary N) is 1. The van der Waals surface area contributed by atoms with Gasteiger partial charge in [0.15, 0.2) is 0 Å². The van der Waals surface area contributed by atoms with E-state index in [0.717, 1.165) is 35.1 Å². The molecule has 0 aliphatic carbocycles. The number of nitro groups is 1. The van der Waals surface area contributed by atoms with E-state index in [-0.39, 0.29) is 11.7 Å². The number of non-ortho nitro benzene ring substituents is 1. The number of unbranched alkanes of at least 4 members (excludes halogenated alkanes) is 2. The fourth-order valence-electron chi connectivity index (χ4n) is 1.66. The van der Waals surface area contributed by atoms with Crippen LogP contribution in [0.5, 0.6) is 0 Å². The Bertz CT molecular complexity index is 479. The molecule has 0 fully saturated rings. The number of hydrogen-bond acceptors (Lipinski definition) is 5. The molecular weight excluding hydrogens is 375 g/mol. The van der Waals surface area contributed by atoms with Crippen LogP contribution in [0.4, 0.5) is 11.4 Å². The number of benzene rings is 1. The van der Waals surface area contributed by atoms with Gasteiger partial charge in [-0.15, -0.1) is 0 Å². The highest BCUT2D eigenvalue weighted by molar-refractivity contribution is 14.1. The number of carbonyl (C=O) groups is 1. The van der Waals surface area contributed by atoms with Crippen LogP contribution in [0.3, 0.4) is 0 Å². The summed E-state index contributed by atoms with van der Waals surface area (Å²) in [6.07, 6.45) is 3.13. The molecule has 1 rings (SSSR count). The zero-order valence-electron chi connectivity index (χ0n) is 11.2. The zero-order valence-corrected chi connectivity index (χ0v) is 13.4. The number of methoxy groups -OCH3 is 1. The van der Waals surface area contributed by atoms with Crippen LogP contribution in [0.15, 0.2) is 18.2 Å². The first-order valence-corrected chi connectivity index (χ1v) is 7.37. The van der Waals surface area contributed by atoms with Gasteiger partial charge >= 0.3 is 5.97 Å². The van der Waals surface area contributed by atoms with Gasteiger partial charge in [0.2, 0.25) is 0 Å². The Balaban J connectivity index is 2.29. The summed E-state index contributed by atoms with van der Waals surface area (Å²) in [6.45, 7) is 0.773. The lowest BCUT2D eigenvalue weighted by atomic mass is 10.2.